The third-order valence-corrected chi connectivity index (χ3v) is 2.34. The molecule has 0 unspecified atom stereocenters. The quantitative estimate of drug-likeness (QED) is 0.502. The fourth-order valence-corrected chi connectivity index (χ4v) is 1.80. The van der Waals surface area contributed by atoms with Gasteiger partial charge in [0, 0.05) is 0 Å². The largest absolute Gasteiger partial charge is 3.00 e. The summed E-state index contributed by atoms with van der Waals surface area (Å²) in [5.74, 6) is 0.192. The van der Waals surface area contributed by atoms with Crippen molar-refractivity contribution in [3.05, 3.63) is 5.92 Å². The van der Waals surface area contributed by atoms with Gasteiger partial charge in [0.15, 0.2) is 0 Å². The molecule has 0 atom stereocenters. The van der Waals surface area contributed by atoms with Gasteiger partial charge in [-0.25, -0.2) is 0 Å². The molecule has 0 aromatic carbocycles. The first-order valence-corrected chi connectivity index (χ1v) is 3.97. The molecule has 0 bridgehead atoms. The van der Waals surface area contributed by atoms with E-state index >= 15 is 0 Å². The molecule has 0 amide bonds. The van der Waals surface area contributed by atoms with E-state index in [1.165, 1.54) is 0 Å². The Bertz CT molecular complexity index is 160. The fourth-order valence-electron chi connectivity index (χ4n) is 1.80. The zero-order valence-electron chi connectivity index (χ0n) is 6.91. The molecule has 2 fully saturated rings. The molecule has 62 valence electrons. The van der Waals surface area contributed by atoms with Crippen LogP contribution in [0.5, 0.6) is 0 Å². The van der Waals surface area contributed by atoms with Gasteiger partial charge < -0.3 is 14.3 Å². The van der Waals surface area contributed by atoms with Gasteiger partial charge in [-0.1, -0.05) is 6.42 Å². The van der Waals surface area contributed by atoms with Crippen molar-refractivity contribution in [2.24, 2.45) is 0 Å². The molecule has 1 saturated carbocycles. The normalized spacial score (nSPS) is 25.8. The first-order valence-electron chi connectivity index (χ1n) is 3.97. The van der Waals surface area contributed by atoms with Gasteiger partial charge in [0.1, 0.15) is 0 Å². The monoisotopic (exact) mass is 244 g/mol. The molecule has 0 N–H and O–H groups in total. The molecule has 0 aromatic heterocycles. The smallest absolute Gasteiger partial charge is 0.375 e. The van der Waals surface area contributed by atoms with Gasteiger partial charge in [-0.05, 0) is 12.7 Å². The van der Waals surface area contributed by atoms with Crippen molar-refractivity contribution in [2.75, 3.05) is 13.2 Å². The third kappa shape index (κ3) is 1.60. The average molecular weight is 244 g/mol. The predicted octanol–water partition coefficient (Wildman–Crippen LogP) is 0.684. The Morgan fingerprint density at radius 3 is 2.58 bits per heavy atom. The Kier molecular flexibility index (Phi) is 3.71. The van der Waals surface area contributed by atoms with Crippen LogP contribution in [0.4, 0.5) is 0 Å². The van der Waals surface area contributed by atoms with E-state index < -0.39 is 5.79 Å². The number of hydrogen-bond donors (Lipinski definition) is 0. The molecule has 1 aliphatic carbocycles. The van der Waals surface area contributed by atoms with Crippen LogP contribution in [-0.2, 0) is 47.0 Å². The maximum atomic E-state index is 10.6. The molecule has 1 aliphatic heterocycles. The van der Waals surface area contributed by atoms with Gasteiger partial charge in [0.05, 0.1) is 19.0 Å². The maximum Gasteiger partial charge on any atom is 3.00 e. The van der Waals surface area contributed by atoms with E-state index in [-0.39, 0.29) is 32.7 Å². The second-order valence-corrected chi connectivity index (χ2v) is 2.95. The molecule has 3 nitrogen and oxygen atoms in total. The van der Waals surface area contributed by atoms with Gasteiger partial charge in [0.2, 0.25) is 0 Å². The fraction of sp³-hybridized carbons (Fsp3) is 0.750. The number of hydrogen-bond acceptors (Lipinski definition) is 3. The summed E-state index contributed by atoms with van der Waals surface area (Å²) < 4.78 is 10.8. The van der Waals surface area contributed by atoms with E-state index in [1.54, 1.807) is 0 Å². The van der Waals surface area contributed by atoms with Crippen LogP contribution in [-0.4, -0.2) is 25.3 Å². The summed E-state index contributed by atoms with van der Waals surface area (Å²) >= 11 is 0. The van der Waals surface area contributed by atoms with Gasteiger partial charge in [0.25, 0.3) is 0 Å². The molecule has 1 spiro atoms. The zero-order valence-corrected chi connectivity index (χ0v) is 9.75. The maximum absolute atomic E-state index is 10.6. The van der Waals surface area contributed by atoms with Crippen molar-refractivity contribution in [2.45, 2.75) is 25.0 Å². The Morgan fingerprint density at radius 2 is 2.00 bits per heavy atom. The number of carbonyl (C=O) groups excluding carboxylic acids is 1. The molecular weight excluding hydrogens is 233 g/mol. The summed E-state index contributed by atoms with van der Waals surface area (Å²) in [6, 6.07) is 0. The molecule has 0 aromatic rings. The van der Waals surface area contributed by atoms with E-state index in [1.807, 2.05) is 0 Å². The summed E-state index contributed by atoms with van der Waals surface area (Å²) in [6.07, 6.45) is 3.58. The molecule has 1 heterocycles. The van der Waals surface area contributed by atoms with Crippen LogP contribution in [0.3, 0.4) is 0 Å². The standard InChI is InChI=1S/C8H11O3.Y/c9-6-7-2-1-3-8(7)10-4-5-11-8;/h6H,1-5H2;/q-1;+3. The van der Waals surface area contributed by atoms with Crippen LogP contribution in [0.2, 0.25) is 0 Å². The van der Waals surface area contributed by atoms with Crippen molar-refractivity contribution in [3.63, 3.8) is 0 Å². The van der Waals surface area contributed by atoms with Gasteiger partial charge in [-0.3, -0.25) is 5.92 Å². The topological polar surface area (TPSA) is 35.5 Å². The minimum absolute atomic E-state index is 0. The number of aldehydes is 1. The van der Waals surface area contributed by atoms with Crippen LogP contribution >= 0.6 is 0 Å². The summed E-state index contributed by atoms with van der Waals surface area (Å²) in [5.41, 5.74) is 0. The van der Waals surface area contributed by atoms with E-state index in [0.717, 1.165) is 31.5 Å². The first kappa shape index (κ1) is 10.6. The molecule has 0 radical (unpaired) electrons. The zero-order chi connectivity index (χ0) is 7.73. The van der Waals surface area contributed by atoms with E-state index in [9.17, 15) is 4.79 Å². The molecule has 2 aliphatic rings. The van der Waals surface area contributed by atoms with Crippen LogP contribution in [0, 0.1) is 5.92 Å². The van der Waals surface area contributed by atoms with Crippen molar-refractivity contribution in [1.82, 2.24) is 0 Å². The Morgan fingerprint density at radius 1 is 1.33 bits per heavy atom. The van der Waals surface area contributed by atoms with E-state index in [0.29, 0.717) is 13.2 Å². The van der Waals surface area contributed by atoms with Gasteiger partial charge in [-0.2, -0.15) is 6.42 Å². The minimum Gasteiger partial charge on any atom is -0.375 e. The Hall–Kier alpha value is 0.564. The molecule has 2 rings (SSSR count). The van der Waals surface area contributed by atoms with Crippen molar-refractivity contribution < 1.29 is 47.0 Å². The molecule has 12 heavy (non-hydrogen) atoms. The second-order valence-electron chi connectivity index (χ2n) is 2.95. The van der Waals surface area contributed by atoms with Crippen LogP contribution in [0.1, 0.15) is 19.3 Å². The Labute approximate surface area is 97.1 Å². The molecule has 4 heteroatoms. The summed E-state index contributed by atoms with van der Waals surface area (Å²) in [4.78, 5) is 10.6. The summed E-state index contributed by atoms with van der Waals surface area (Å²) in [6.45, 7) is 1.24. The third-order valence-electron chi connectivity index (χ3n) is 2.34. The summed E-state index contributed by atoms with van der Waals surface area (Å²) in [5, 5.41) is 0. The Balaban J connectivity index is 0.000000720. The number of rotatable bonds is 1. The first-order chi connectivity index (χ1) is 5.37. The van der Waals surface area contributed by atoms with E-state index in [4.69, 9.17) is 9.47 Å². The predicted molar refractivity (Wildman–Crippen MR) is 37.8 cm³/mol. The molecular formula is C8H11O3Y+2. The van der Waals surface area contributed by atoms with Crippen molar-refractivity contribution >= 4 is 6.29 Å². The van der Waals surface area contributed by atoms with Crippen LogP contribution in [0.15, 0.2) is 0 Å². The SMILES string of the molecule is O=C[C-]1CCCC12OCCO2.[Y+3]. The second kappa shape index (κ2) is 4.18. The van der Waals surface area contributed by atoms with Gasteiger partial charge in [-0.15, -0.1) is 0 Å². The average Bonchev–Trinajstić information content (AvgIpc) is 2.62. The number of carbonyl (C=O) groups is 1. The van der Waals surface area contributed by atoms with Crippen molar-refractivity contribution in [3.8, 4) is 0 Å². The minimum atomic E-state index is -0.595. The van der Waals surface area contributed by atoms with Crippen LogP contribution in [0.25, 0.3) is 0 Å². The molecule has 1 saturated heterocycles. The number of ether oxygens (including phenoxy) is 2. The van der Waals surface area contributed by atoms with E-state index in [2.05, 4.69) is 0 Å². The van der Waals surface area contributed by atoms with Crippen molar-refractivity contribution in [1.29, 1.82) is 0 Å². The van der Waals surface area contributed by atoms with Crippen LogP contribution < -0.4 is 0 Å². The summed E-state index contributed by atoms with van der Waals surface area (Å²) in [7, 11) is 0. The van der Waals surface area contributed by atoms with Gasteiger partial charge >= 0.3 is 32.7 Å².